The molecular formula is C23H45N3. The van der Waals surface area contributed by atoms with Crippen LogP contribution in [-0.2, 0) is 0 Å². The Labute approximate surface area is 163 Å². The summed E-state index contributed by atoms with van der Waals surface area (Å²) in [4.78, 5) is 7.00. The van der Waals surface area contributed by atoms with Crippen LogP contribution in [-0.4, -0.2) is 36.9 Å². The summed E-state index contributed by atoms with van der Waals surface area (Å²) in [5, 5.41) is 0. The molecule has 0 aromatic carbocycles. The SMILES string of the molecule is C/C=C/CCCCCCCCCCCCCCCC1=NCCN1CCN. The van der Waals surface area contributed by atoms with E-state index < -0.39 is 0 Å². The standard InChI is InChI=1S/C23H45N3/c1-2-3-4-5-6-7-8-9-10-11-12-13-14-15-16-17-18-23-25-20-22-26(23)21-19-24/h2-3H,4-22,24H2,1H3/b3-2+. The summed E-state index contributed by atoms with van der Waals surface area (Å²) in [6.45, 7) is 5.90. The van der Waals surface area contributed by atoms with E-state index in [0.717, 1.165) is 32.6 Å². The summed E-state index contributed by atoms with van der Waals surface area (Å²) < 4.78 is 0. The largest absolute Gasteiger partial charge is 0.357 e. The van der Waals surface area contributed by atoms with Crippen LogP contribution >= 0.6 is 0 Å². The van der Waals surface area contributed by atoms with Crippen molar-refractivity contribution in [1.29, 1.82) is 0 Å². The minimum Gasteiger partial charge on any atom is -0.357 e. The highest BCUT2D eigenvalue weighted by molar-refractivity contribution is 5.83. The number of rotatable bonds is 18. The summed E-state index contributed by atoms with van der Waals surface area (Å²) in [5.74, 6) is 1.32. The molecule has 0 saturated carbocycles. The van der Waals surface area contributed by atoms with Crippen molar-refractivity contribution < 1.29 is 0 Å². The van der Waals surface area contributed by atoms with E-state index in [2.05, 4.69) is 29.0 Å². The molecule has 0 bridgehead atoms. The van der Waals surface area contributed by atoms with E-state index in [1.54, 1.807) is 0 Å². The van der Waals surface area contributed by atoms with Gasteiger partial charge < -0.3 is 10.6 Å². The Morgan fingerprint density at radius 3 is 1.92 bits per heavy atom. The Bertz CT molecular complexity index is 362. The van der Waals surface area contributed by atoms with Gasteiger partial charge in [-0.25, -0.2) is 0 Å². The Morgan fingerprint density at radius 1 is 0.846 bits per heavy atom. The van der Waals surface area contributed by atoms with Crippen molar-refractivity contribution >= 4 is 5.84 Å². The van der Waals surface area contributed by atoms with Crippen LogP contribution in [0.1, 0.15) is 103 Å². The normalized spacial score (nSPS) is 14.5. The summed E-state index contributed by atoms with van der Waals surface area (Å²) >= 11 is 0. The van der Waals surface area contributed by atoms with Gasteiger partial charge in [-0.15, -0.1) is 0 Å². The van der Waals surface area contributed by atoms with Gasteiger partial charge in [0, 0.05) is 26.1 Å². The number of nitrogens with two attached hydrogens (primary N) is 1. The van der Waals surface area contributed by atoms with Crippen LogP contribution in [0.15, 0.2) is 17.1 Å². The topological polar surface area (TPSA) is 41.6 Å². The first kappa shape index (κ1) is 23.2. The van der Waals surface area contributed by atoms with E-state index in [1.165, 1.54) is 95.7 Å². The van der Waals surface area contributed by atoms with Gasteiger partial charge in [-0.05, 0) is 26.2 Å². The predicted octanol–water partition coefficient (Wildman–Crippen LogP) is 6.09. The van der Waals surface area contributed by atoms with Gasteiger partial charge in [-0.3, -0.25) is 4.99 Å². The van der Waals surface area contributed by atoms with E-state index in [1.807, 2.05) is 0 Å². The molecule has 2 N–H and O–H groups in total. The van der Waals surface area contributed by atoms with Gasteiger partial charge in [0.15, 0.2) is 0 Å². The molecule has 1 aliphatic rings. The molecule has 0 aromatic rings. The molecule has 26 heavy (non-hydrogen) atoms. The summed E-state index contributed by atoms with van der Waals surface area (Å²) in [6, 6.07) is 0. The number of aliphatic imine (C=N–C) groups is 1. The highest BCUT2D eigenvalue weighted by atomic mass is 15.2. The summed E-state index contributed by atoms with van der Waals surface area (Å²) in [6.07, 6.45) is 25.3. The molecule has 0 aromatic heterocycles. The van der Waals surface area contributed by atoms with E-state index >= 15 is 0 Å². The lowest BCUT2D eigenvalue weighted by Crippen LogP contribution is -2.32. The van der Waals surface area contributed by atoms with Gasteiger partial charge in [-0.2, -0.15) is 0 Å². The van der Waals surface area contributed by atoms with Crippen LogP contribution in [0.5, 0.6) is 0 Å². The minimum atomic E-state index is 0.746. The van der Waals surface area contributed by atoms with Crippen LogP contribution in [0, 0.1) is 0 Å². The monoisotopic (exact) mass is 363 g/mol. The zero-order valence-corrected chi connectivity index (χ0v) is 17.6. The molecule has 0 radical (unpaired) electrons. The van der Waals surface area contributed by atoms with Crippen molar-refractivity contribution in [3.05, 3.63) is 12.2 Å². The van der Waals surface area contributed by atoms with Crippen LogP contribution < -0.4 is 5.73 Å². The molecule has 0 amide bonds. The van der Waals surface area contributed by atoms with Crippen molar-refractivity contribution in [2.75, 3.05) is 26.2 Å². The smallest absolute Gasteiger partial charge is 0.0990 e. The zero-order chi connectivity index (χ0) is 18.7. The molecule has 3 nitrogen and oxygen atoms in total. The molecule has 1 heterocycles. The number of unbranched alkanes of at least 4 members (excludes halogenated alkanes) is 13. The number of amidine groups is 1. The number of hydrogen-bond acceptors (Lipinski definition) is 3. The van der Waals surface area contributed by atoms with Gasteiger partial charge in [0.2, 0.25) is 0 Å². The average molecular weight is 364 g/mol. The van der Waals surface area contributed by atoms with Crippen LogP contribution in [0.4, 0.5) is 0 Å². The lowest BCUT2D eigenvalue weighted by molar-refractivity contribution is 0.455. The zero-order valence-electron chi connectivity index (χ0n) is 17.6. The third-order valence-corrected chi connectivity index (χ3v) is 5.44. The molecule has 0 saturated heterocycles. The Kier molecular flexibility index (Phi) is 15.7. The summed E-state index contributed by atoms with van der Waals surface area (Å²) in [5.41, 5.74) is 5.66. The Hall–Kier alpha value is -0.830. The van der Waals surface area contributed by atoms with Gasteiger partial charge in [0.1, 0.15) is 0 Å². The van der Waals surface area contributed by atoms with Crippen molar-refractivity contribution in [2.45, 2.75) is 103 Å². The van der Waals surface area contributed by atoms with Crippen LogP contribution in [0.3, 0.4) is 0 Å². The molecule has 0 spiro atoms. The summed E-state index contributed by atoms with van der Waals surface area (Å²) in [7, 11) is 0. The van der Waals surface area contributed by atoms with Crippen molar-refractivity contribution in [1.82, 2.24) is 4.90 Å². The molecule has 0 aliphatic carbocycles. The van der Waals surface area contributed by atoms with Gasteiger partial charge in [0.25, 0.3) is 0 Å². The molecule has 0 unspecified atom stereocenters. The molecule has 3 heteroatoms. The van der Waals surface area contributed by atoms with E-state index in [0.29, 0.717) is 0 Å². The third kappa shape index (κ3) is 12.5. The van der Waals surface area contributed by atoms with Crippen molar-refractivity contribution in [3.8, 4) is 0 Å². The van der Waals surface area contributed by atoms with E-state index in [9.17, 15) is 0 Å². The number of hydrogen-bond donors (Lipinski definition) is 1. The van der Waals surface area contributed by atoms with Gasteiger partial charge in [0.05, 0.1) is 12.4 Å². The van der Waals surface area contributed by atoms with Gasteiger partial charge in [-0.1, -0.05) is 82.8 Å². The minimum absolute atomic E-state index is 0.746. The quantitative estimate of drug-likeness (QED) is 0.236. The second-order valence-electron chi connectivity index (χ2n) is 7.78. The van der Waals surface area contributed by atoms with E-state index in [4.69, 9.17) is 5.73 Å². The fraction of sp³-hybridized carbons (Fsp3) is 0.870. The fourth-order valence-corrected chi connectivity index (χ4v) is 3.82. The number of allylic oxidation sites excluding steroid dienone is 2. The first-order valence-corrected chi connectivity index (χ1v) is 11.5. The second-order valence-corrected chi connectivity index (χ2v) is 7.78. The molecule has 1 rings (SSSR count). The maximum absolute atomic E-state index is 5.66. The maximum Gasteiger partial charge on any atom is 0.0990 e. The average Bonchev–Trinajstić information content (AvgIpc) is 3.09. The van der Waals surface area contributed by atoms with Crippen molar-refractivity contribution in [2.24, 2.45) is 10.7 Å². The predicted molar refractivity (Wildman–Crippen MR) is 117 cm³/mol. The highest BCUT2D eigenvalue weighted by Crippen LogP contribution is 2.14. The maximum atomic E-state index is 5.66. The van der Waals surface area contributed by atoms with Crippen LogP contribution in [0.2, 0.25) is 0 Å². The van der Waals surface area contributed by atoms with Crippen molar-refractivity contribution in [3.63, 3.8) is 0 Å². The lowest BCUT2D eigenvalue weighted by atomic mass is 10.0. The van der Waals surface area contributed by atoms with Crippen LogP contribution in [0.25, 0.3) is 0 Å². The fourth-order valence-electron chi connectivity index (χ4n) is 3.82. The number of nitrogens with zero attached hydrogens (tertiary/aromatic N) is 2. The molecule has 1 aliphatic heterocycles. The first-order valence-electron chi connectivity index (χ1n) is 11.5. The highest BCUT2D eigenvalue weighted by Gasteiger charge is 2.14. The molecule has 152 valence electrons. The first-order chi connectivity index (χ1) is 12.9. The van der Waals surface area contributed by atoms with Gasteiger partial charge >= 0.3 is 0 Å². The Balaban J connectivity index is 1.76. The lowest BCUT2D eigenvalue weighted by Gasteiger charge is -2.19. The second kappa shape index (κ2) is 17.6. The molecular weight excluding hydrogens is 318 g/mol. The molecule has 0 atom stereocenters. The molecule has 0 fully saturated rings. The Morgan fingerprint density at radius 2 is 1.38 bits per heavy atom. The van der Waals surface area contributed by atoms with E-state index in [-0.39, 0.29) is 0 Å². The third-order valence-electron chi connectivity index (χ3n) is 5.44.